The predicted molar refractivity (Wildman–Crippen MR) is 109 cm³/mol. The van der Waals surface area contributed by atoms with Crippen LogP contribution in [0.15, 0.2) is 52.2 Å². The summed E-state index contributed by atoms with van der Waals surface area (Å²) in [6, 6.07) is 10.5. The van der Waals surface area contributed by atoms with Crippen molar-refractivity contribution >= 4 is 23.6 Å². The third-order valence-electron chi connectivity index (χ3n) is 4.12. The van der Waals surface area contributed by atoms with Crippen molar-refractivity contribution in [3.63, 3.8) is 0 Å². The highest BCUT2D eigenvalue weighted by molar-refractivity contribution is 7.99. The molecule has 2 heterocycles. The summed E-state index contributed by atoms with van der Waals surface area (Å²) in [5.74, 6) is 1.81. The van der Waals surface area contributed by atoms with Crippen LogP contribution < -0.4 is 10.5 Å². The Labute approximate surface area is 177 Å². The molecule has 9 nitrogen and oxygen atoms in total. The number of nitrogens with two attached hydrogens (primary N) is 1. The number of methoxy groups -OCH3 is 1. The molecule has 0 bridgehead atoms. The van der Waals surface area contributed by atoms with Crippen LogP contribution in [0.3, 0.4) is 0 Å². The SMILES string of the molecule is COC(=O)c1cccc(OCCSc2nnc(CCC(N)=O)n2Cc2ccco2)c1. The van der Waals surface area contributed by atoms with Crippen LogP contribution in [0.5, 0.6) is 5.75 Å². The number of carbonyl (C=O) groups is 2. The summed E-state index contributed by atoms with van der Waals surface area (Å²) in [7, 11) is 1.34. The zero-order valence-corrected chi connectivity index (χ0v) is 17.3. The third kappa shape index (κ3) is 5.86. The van der Waals surface area contributed by atoms with Crippen LogP contribution >= 0.6 is 11.8 Å². The maximum absolute atomic E-state index is 11.6. The van der Waals surface area contributed by atoms with E-state index in [1.807, 2.05) is 16.7 Å². The molecule has 0 atom stereocenters. The molecular weight excluding hydrogens is 408 g/mol. The first-order valence-electron chi connectivity index (χ1n) is 9.23. The van der Waals surface area contributed by atoms with E-state index in [2.05, 4.69) is 10.2 Å². The lowest BCUT2D eigenvalue weighted by Gasteiger charge is -2.09. The second kappa shape index (κ2) is 10.5. The normalized spacial score (nSPS) is 10.7. The van der Waals surface area contributed by atoms with Crippen molar-refractivity contribution in [2.75, 3.05) is 19.5 Å². The molecule has 2 aromatic heterocycles. The van der Waals surface area contributed by atoms with Crippen LogP contribution in [0.4, 0.5) is 0 Å². The molecule has 0 fully saturated rings. The summed E-state index contributed by atoms with van der Waals surface area (Å²) in [5.41, 5.74) is 5.69. The number of furan rings is 1. The number of ether oxygens (including phenoxy) is 2. The predicted octanol–water partition coefficient (Wildman–Crippen LogP) is 2.29. The van der Waals surface area contributed by atoms with Crippen LogP contribution in [-0.2, 0) is 22.5 Å². The number of esters is 1. The Hall–Kier alpha value is -3.27. The van der Waals surface area contributed by atoms with Gasteiger partial charge in [-0.25, -0.2) is 4.79 Å². The largest absolute Gasteiger partial charge is 0.493 e. The molecule has 0 spiro atoms. The molecule has 0 radical (unpaired) electrons. The summed E-state index contributed by atoms with van der Waals surface area (Å²) < 4.78 is 17.8. The van der Waals surface area contributed by atoms with Gasteiger partial charge in [-0.3, -0.25) is 9.36 Å². The first-order valence-corrected chi connectivity index (χ1v) is 10.2. The van der Waals surface area contributed by atoms with Crippen LogP contribution in [0.1, 0.15) is 28.4 Å². The van der Waals surface area contributed by atoms with E-state index in [0.717, 1.165) is 5.76 Å². The first-order chi connectivity index (χ1) is 14.6. The molecule has 30 heavy (non-hydrogen) atoms. The lowest BCUT2D eigenvalue weighted by Crippen LogP contribution is -2.14. The Morgan fingerprint density at radius 1 is 1.23 bits per heavy atom. The Bertz CT molecular complexity index is 987. The second-order valence-corrected chi connectivity index (χ2v) is 7.31. The van der Waals surface area contributed by atoms with Gasteiger partial charge in [0.1, 0.15) is 17.3 Å². The number of carbonyl (C=O) groups excluding carboxylic acids is 2. The lowest BCUT2D eigenvalue weighted by atomic mass is 10.2. The van der Waals surface area contributed by atoms with Crippen LogP contribution in [0, 0.1) is 0 Å². The molecule has 0 unspecified atom stereocenters. The Kier molecular flexibility index (Phi) is 7.50. The molecule has 1 aromatic carbocycles. The maximum Gasteiger partial charge on any atom is 0.337 e. The molecule has 0 saturated carbocycles. The fourth-order valence-electron chi connectivity index (χ4n) is 2.69. The van der Waals surface area contributed by atoms with Crippen molar-refractivity contribution in [1.82, 2.24) is 14.8 Å². The Morgan fingerprint density at radius 3 is 2.83 bits per heavy atom. The number of primary amides is 1. The minimum atomic E-state index is -0.413. The van der Waals surface area contributed by atoms with Gasteiger partial charge in [0, 0.05) is 18.6 Å². The molecule has 0 aliphatic carbocycles. The summed E-state index contributed by atoms with van der Waals surface area (Å²) in [6.07, 6.45) is 2.20. The van der Waals surface area contributed by atoms with Crippen LogP contribution in [0.2, 0.25) is 0 Å². The van der Waals surface area contributed by atoms with Crippen molar-refractivity contribution in [2.24, 2.45) is 5.73 Å². The van der Waals surface area contributed by atoms with Gasteiger partial charge in [0.05, 0.1) is 32.1 Å². The first kappa shape index (κ1) is 21.4. The number of nitrogens with zero attached hydrogens (tertiary/aromatic N) is 3. The van der Waals surface area contributed by atoms with Gasteiger partial charge < -0.3 is 19.6 Å². The summed E-state index contributed by atoms with van der Waals surface area (Å²) in [5, 5.41) is 9.12. The number of hydrogen-bond acceptors (Lipinski definition) is 8. The molecular formula is C20H22N4O5S. The monoisotopic (exact) mass is 430 g/mol. The lowest BCUT2D eigenvalue weighted by molar-refractivity contribution is -0.118. The van der Waals surface area contributed by atoms with Gasteiger partial charge in [0.25, 0.3) is 0 Å². The standard InChI is InChI=1S/C20H22N4O5S/c1-27-19(26)14-4-2-5-15(12-14)29-10-11-30-20-23-22-18(8-7-17(21)25)24(20)13-16-6-3-9-28-16/h2-6,9,12H,7-8,10-11,13H2,1H3,(H2,21,25). The number of rotatable bonds is 11. The van der Waals surface area contributed by atoms with E-state index in [-0.39, 0.29) is 12.3 Å². The summed E-state index contributed by atoms with van der Waals surface area (Å²) >= 11 is 1.47. The molecule has 10 heteroatoms. The number of amides is 1. The van der Waals surface area contributed by atoms with Crippen molar-refractivity contribution in [3.05, 3.63) is 59.8 Å². The van der Waals surface area contributed by atoms with Crippen molar-refractivity contribution in [3.8, 4) is 5.75 Å². The Morgan fingerprint density at radius 2 is 2.10 bits per heavy atom. The van der Waals surface area contributed by atoms with E-state index in [0.29, 0.717) is 47.6 Å². The van der Waals surface area contributed by atoms with Gasteiger partial charge in [-0.1, -0.05) is 17.8 Å². The van der Waals surface area contributed by atoms with Crippen molar-refractivity contribution in [1.29, 1.82) is 0 Å². The van der Waals surface area contributed by atoms with E-state index in [4.69, 9.17) is 19.6 Å². The van der Waals surface area contributed by atoms with Gasteiger partial charge in [-0.2, -0.15) is 0 Å². The van der Waals surface area contributed by atoms with E-state index in [9.17, 15) is 9.59 Å². The molecule has 2 N–H and O–H groups in total. The Balaban J connectivity index is 1.60. The van der Waals surface area contributed by atoms with Gasteiger partial charge in [-0.15, -0.1) is 10.2 Å². The minimum absolute atomic E-state index is 0.195. The number of aryl methyl sites for hydroxylation is 1. The van der Waals surface area contributed by atoms with E-state index < -0.39 is 5.97 Å². The van der Waals surface area contributed by atoms with Gasteiger partial charge >= 0.3 is 5.97 Å². The van der Waals surface area contributed by atoms with Gasteiger partial charge in [0.15, 0.2) is 5.16 Å². The highest BCUT2D eigenvalue weighted by Gasteiger charge is 2.15. The average Bonchev–Trinajstić information content (AvgIpc) is 3.40. The molecule has 1 amide bonds. The van der Waals surface area contributed by atoms with E-state index in [1.54, 1.807) is 30.5 Å². The van der Waals surface area contributed by atoms with Gasteiger partial charge in [0.2, 0.25) is 5.91 Å². The van der Waals surface area contributed by atoms with Crippen molar-refractivity contribution < 1.29 is 23.5 Å². The fourth-order valence-corrected chi connectivity index (χ4v) is 3.46. The van der Waals surface area contributed by atoms with Crippen LogP contribution in [-0.4, -0.2) is 46.1 Å². The highest BCUT2D eigenvalue weighted by atomic mass is 32.2. The topological polar surface area (TPSA) is 122 Å². The van der Waals surface area contributed by atoms with E-state index in [1.165, 1.54) is 18.9 Å². The van der Waals surface area contributed by atoms with Crippen molar-refractivity contribution in [2.45, 2.75) is 24.5 Å². The second-order valence-electron chi connectivity index (χ2n) is 6.25. The molecule has 0 aliphatic rings. The molecule has 3 aromatic rings. The highest BCUT2D eigenvalue weighted by Crippen LogP contribution is 2.21. The molecule has 0 aliphatic heterocycles. The quantitative estimate of drug-likeness (QED) is 0.279. The summed E-state index contributed by atoms with van der Waals surface area (Å²) in [6.45, 7) is 0.859. The maximum atomic E-state index is 11.6. The van der Waals surface area contributed by atoms with Gasteiger partial charge in [-0.05, 0) is 30.3 Å². The number of benzene rings is 1. The molecule has 0 saturated heterocycles. The van der Waals surface area contributed by atoms with Crippen LogP contribution in [0.25, 0.3) is 0 Å². The molecule has 158 valence electrons. The molecule has 3 rings (SSSR count). The number of aromatic nitrogens is 3. The zero-order chi connectivity index (χ0) is 21.3. The minimum Gasteiger partial charge on any atom is -0.493 e. The average molecular weight is 430 g/mol. The number of thioether (sulfide) groups is 1. The number of hydrogen-bond donors (Lipinski definition) is 1. The van der Waals surface area contributed by atoms with E-state index >= 15 is 0 Å². The summed E-state index contributed by atoms with van der Waals surface area (Å²) in [4.78, 5) is 22.7. The third-order valence-corrected chi connectivity index (χ3v) is 5.05. The smallest absolute Gasteiger partial charge is 0.337 e. The fraction of sp³-hybridized carbons (Fsp3) is 0.300. The zero-order valence-electron chi connectivity index (χ0n) is 16.4.